The van der Waals surface area contributed by atoms with Gasteiger partial charge in [0.1, 0.15) is 5.82 Å². The zero-order chi connectivity index (χ0) is 10.7. The summed E-state index contributed by atoms with van der Waals surface area (Å²) >= 11 is 0. The standard InChI is InChI=1S/C12H16N2O/c1-2-15-8-7-14-11-6-4-3-5-10(11)9-12(14)13/h3-6,9H,2,7-8,13H2,1H3. The lowest BCUT2D eigenvalue weighted by molar-refractivity contribution is 0.140. The van der Waals surface area contributed by atoms with E-state index in [1.807, 2.05) is 25.1 Å². The van der Waals surface area contributed by atoms with Gasteiger partial charge in [-0.15, -0.1) is 0 Å². The lowest BCUT2D eigenvalue weighted by Crippen LogP contribution is -2.08. The number of hydrogen-bond acceptors (Lipinski definition) is 2. The molecule has 0 atom stereocenters. The van der Waals surface area contributed by atoms with E-state index in [1.165, 1.54) is 10.9 Å². The maximum atomic E-state index is 5.94. The molecular weight excluding hydrogens is 188 g/mol. The Balaban J connectivity index is 2.28. The Morgan fingerprint density at radius 2 is 2.13 bits per heavy atom. The fourth-order valence-electron chi connectivity index (χ4n) is 1.78. The monoisotopic (exact) mass is 204 g/mol. The normalized spacial score (nSPS) is 11.0. The predicted molar refractivity (Wildman–Crippen MR) is 62.8 cm³/mol. The van der Waals surface area contributed by atoms with Crippen molar-refractivity contribution >= 4 is 16.7 Å². The van der Waals surface area contributed by atoms with E-state index in [-0.39, 0.29) is 0 Å². The zero-order valence-electron chi connectivity index (χ0n) is 8.94. The number of para-hydroxylation sites is 1. The predicted octanol–water partition coefficient (Wildman–Crippen LogP) is 2.26. The molecule has 0 spiro atoms. The van der Waals surface area contributed by atoms with Crippen LogP contribution in [0.5, 0.6) is 0 Å². The molecule has 2 N–H and O–H groups in total. The van der Waals surface area contributed by atoms with E-state index in [2.05, 4.69) is 16.7 Å². The van der Waals surface area contributed by atoms with Crippen molar-refractivity contribution < 1.29 is 4.74 Å². The first-order valence-corrected chi connectivity index (χ1v) is 5.24. The number of nitrogens with zero attached hydrogens (tertiary/aromatic N) is 1. The summed E-state index contributed by atoms with van der Waals surface area (Å²) in [7, 11) is 0. The van der Waals surface area contributed by atoms with Crippen molar-refractivity contribution in [3.05, 3.63) is 30.3 Å². The van der Waals surface area contributed by atoms with Gasteiger partial charge in [-0.2, -0.15) is 0 Å². The summed E-state index contributed by atoms with van der Waals surface area (Å²) in [5.74, 6) is 0.802. The van der Waals surface area contributed by atoms with Gasteiger partial charge >= 0.3 is 0 Å². The summed E-state index contributed by atoms with van der Waals surface area (Å²) in [6.45, 7) is 4.27. The average molecular weight is 204 g/mol. The molecule has 2 rings (SSSR count). The van der Waals surface area contributed by atoms with E-state index in [1.54, 1.807) is 0 Å². The van der Waals surface area contributed by atoms with Crippen LogP contribution in [0.25, 0.3) is 10.9 Å². The number of fused-ring (bicyclic) bond motifs is 1. The first-order chi connectivity index (χ1) is 7.33. The van der Waals surface area contributed by atoms with Crippen LogP contribution in [0.2, 0.25) is 0 Å². The van der Waals surface area contributed by atoms with Crippen LogP contribution in [0, 0.1) is 0 Å². The van der Waals surface area contributed by atoms with Gasteiger partial charge in [0, 0.05) is 24.1 Å². The van der Waals surface area contributed by atoms with Gasteiger partial charge in [0.15, 0.2) is 0 Å². The van der Waals surface area contributed by atoms with Crippen LogP contribution < -0.4 is 5.73 Å². The van der Waals surface area contributed by atoms with E-state index in [4.69, 9.17) is 10.5 Å². The van der Waals surface area contributed by atoms with Crippen LogP contribution in [-0.4, -0.2) is 17.8 Å². The molecule has 0 unspecified atom stereocenters. The summed E-state index contributed by atoms with van der Waals surface area (Å²) in [6, 6.07) is 10.2. The molecule has 0 saturated heterocycles. The van der Waals surface area contributed by atoms with Gasteiger partial charge in [0.2, 0.25) is 0 Å². The minimum absolute atomic E-state index is 0.708. The van der Waals surface area contributed by atoms with Crippen molar-refractivity contribution in [3.8, 4) is 0 Å². The molecule has 80 valence electrons. The number of nitrogen functional groups attached to an aromatic ring is 1. The molecule has 0 bridgehead atoms. The Morgan fingerprint density at radius 1 is 1.33 bits per heavy atom. The summed E-state index contributed by atoms with van der Waals surface area (Å²) in [6.07, 6.45) is 0. The summed E-state index contributed by atoms with van der Waals surface area (Å²) < 4.78 is 7.42. The van der Waals surface area contributed by atoms with E-state index in [0.29, 0.717) is 6.61 Å². The number of hydrogen-bond donors (Lipinski definition) is 1. The van der Waals surface area contributed by atoms with Crippen LogP contribution in [0.15, 0.2) is 30.3 Å². The van der Waals surface area contributed by atoms with Gasteiger partial charge in [0.25, 0.3) is 0 Å². The zero-order valence-corrected chi connectivity index (χ0v) is 8.94. The second-order valence-corrected chi connectivity index (χ2v) is 3.48. The molecule has 2 aromatic rings. The largest absolute Gasteiger partial charge is 0.385 e. The Hall–Kier alpha value is -1.48. The number of nitrogens with two attached hydrogens (primary N) is 1. The third kappa shape index (κ3) is 1.97. The highest BCUT2D eigenvalue weighted by Crippen LogP contribution is 2.20. The molecule has 0 fully saturated rings. The molecular formula is C12H16N2O. The molecule has 0 amide bonds. The average Bonchev–Trinajstić information content (AvgIpc) is 2.56. The maximum Gasteiger partial charge on any atom is 0.104 e. The molecule has 15 heavy (non-hydrogen) atoms. The van der Waals surface area contributed by atoms with Gasteiger partial charge in [0.05, 0.1) is 6.61 Å². The second kappa shape index (κ2) is 4.36. The highest BCUT2D eigenvalue weighted by molar-refractivity contribution is 5.84. The molecule has 3 heteroatoms. The third-order valence-electron chi connectivity index (χ3n) is 2.51. The van der Waals surface area contributed by atoms with Crippen molar-refractivity contribution in [1.29, 1.82) is 0 Å². The van der Waals surface area contributed by atoms with Gasteiger partial charge in [-0.25, -0.2) is 0 Å². The van der Waals surface area contributed by atoms with Crippen molar-refractivity contribution in [3.63, 3.8) is 0 Å². The van der Waals surface area contributed by atoms with Crippen LogP contribution >= 0.6 is 0 Å². The molecule has 0 aliphatic carbocycles. The molecule has 0 radical (unpaired) electrons. The first-order valence-electron chi connectivity index (χ1n) is 5.24. The molecule has 0 aliphatic heterocycles. The third-order valence-corrected chi connectivity index (χ3v) is 2.51. The fraction of sp³-hybridized carbons (Fsp3) is 0.333. The minimum Gasteiger partial charge on any atom is -0.385 e. The fourth-order valence-corrected chi connectivity index (χ4v) is 1.78. The van der Waals surface area contributed by atoms with Crippen LogP contribution in [0.4, 0.5) is 5.82 Å². The topological polar surface area (TPSA) is 40.2 Å². The highest BCUT2D eigenvalue weighted by atomic mass is 16.5. The lowest BCUT2D eigenvalue weighted by atomic mass is 10.2. The second-order valence-electron chi connectivity index (χ2n) is 3.48. The minimum atomic E-state index is 0.708. The number of ether oxygens (including phenoxy) is 1. The van der Waals surface area contributed by atoms with Crippen LogP contribution in [0.3, 0.4) is 0 Å². The van der Waals surface area contributed by atoms with Gasteiger partial charge in [-0.3, -0.25) is 0 Å². The summed E-state index contributed by atoms with van der Waals surface area (Å²) in [5, 5.41) is 1.19. The SMILES string of the molecule is CCOCCn1c(N)cc2ccccc21. The maximum absolute atomic E-state index is 5.94. The molecule has 0 aliphatic rings. The summed E-state index contributed by atoms with van der Waals surface area (Å²) in [4.78, 5) is 0. The molecule has 1 heterocycles. The smallest absolute Gasteiger partial charge is 0.104 e. The Kier molecular flexibility index (Phi) is 2.92. The molecule has 1 aromatic carbocycles. The lowest BCUT2D eigenvalue weighted by Gasteiger charge is -2.07. The van der Waals surface area contributed by atoms with Gasteiger partial charge in [-0.05, 0) is 19.1 Å². The van der Waals surface area contributed by atoms with E-state index < -0.39 is 0 Å². The van der Waals surface area contributed by atoms with Crippen molar-refractivity contribution in [1.82, 2.24) is 4.57 Å². The van der Waals surface area contributed by atoms with E-state index >= 15 is 0 Å². The molecule has 0 saturated carbocycles. The number of anilines is 1. The number of rotatable bonds is 4. The van der Waals surface area contributed by atoms with E-state index in [9.17, 15) is 0 Å². The quantitative estimate of drug-likeness (QED) is 0.776. The Labute approximate surface area is 89.4 Å². The Bertz CT molecular complexity index is 448. The van der Waals surface area contributed by atoms with E-state index in [0.717, 1.165) is 19.0 Å². The van der Waals surface area contributed by atoms with Crippen molar-refractivity contribution in [2.75, 3.05) is 18.9 Å². The summed E-state index contributed by atoms with van der Waals surface area (Å²) in [5.41, 5.74) is 7.12. The van der Waals surface area contributed by atoms with Gasteiger partial charge in [-0.1, -0.05) is 18.2 Å². The highest BCUT2D eigenvalue weighted by Gasteiger charge is 2.04. The first kappa shape index (κ1) is 10.1. The number of benzene rings is 1. The van der Waals surface area contributed by atoms with Crippen LogP contribution in [0.1, 0.15) is 6.92 Å². The van der Waals surface area contributed by atoms with Gasteiger partial charge < -0.3 is 15.0 Å². The molecule has 3 nitrogen and oxygen atoms in total. The van der Waals surface area contributed by atoms with Crippen LogP contribution in [-0.2, 0) is 11.3 Å². The van der Waals surface area contributed by atoms with Crippen molar-refractivity contribution in [2.45, 2.75) is 13.5 Å². The molecule has 1 aromatic heterocycles. The van der Waals surface area contributed by atoms with Crippen molar-refractivity contribution in [2.24, 2.45) is 0 Å². The number of aromatic nitrogens is 1. The Morgan fingerprint density at radius 3 is 2.93 bits per heavy atom.